The van der Waals surface area contributed by atoms with Gasteiger partial charge in [0.05, 0.1) is 31.3 Å². The van der Waals surface area contributed by atoms with Gasteiger partial charge in [0.25, 0.3) is 5.92 Å². The summed E-state index contributed by atoms with van der Waals surface area (Å²) >= 11 is 0. The van der Waals surface area contributed by atoms with Gasteiger partial charge in [-0.1, -0.05) is 18.2 Å². The second-order valence-corrected chi connectivity index (χ2v) is 15.5. The molecule has 3 saturated heterocycles. The summed E-state index contributed by atoms with van der Waals surface area (Å²) < 4.78 is 73.1. The topological polar surface area (TPSA) is 143 Å². The van der Waals surface area contributed by atoms with E-state index in [0.717, 1.165) is 31.4 Å². The number of ether oxygens (including phenoxy) is 3. The lowest BCUT2D eigenvalue weighted by Crippen LogP contribution is -2.41. The van der Waals surface area contributed by atoms with Crippen LogP contribution in [-0.4, -0.2) is 98.3 Å². The van der Waals surface area contributed by atoms with Gasteiger partial charge in [0, 0.05) is 60.8 Å². The van der Waals surface area contributed by atoms with Crippen LogP contribution in [0.4, 0.5) is 25.1 Å². The van der Waals surface area contributed by atoms with Crippen LogP contribution in [0.5, 0.6) is 5.75 Å². The first-order valence-electron chi connectivity index (χ1n) is 17.3. The lowest BCUT2D eigenvalue weighted by Gasteiger charge is -2.35. The molecule has 50 heavy (non-hydrogen) atoms. The molecule has 0 saturated carbocycles. The van der Waals surface area contributed by atoms with Gasteiger partial charge in [-0.3, -0.25) is 0 Å². The molecule has 1 aromatic heterocycles. The molecule has 3 fully saturated rings. The Morgan fingerprint density at radius 2 is 1.80 bits per heavy atom. The molecule has 3 aliphatic rings. The zero-order valence-electron chi connectivity index (χ0n) is 28.2. The number of aromatic nitrogens is 2. The number of alkyl halides is 2. The number of amides is 1. The van der Waals surface area contributed by atoms with E-state index < -0.39 is 33.8 Å². The number of anilines is 2. The average Bonchev–Trinajstić information content (AvgIpc) is 3.63. The SMILES string of the molecule is CC(Nc1ncnc2c(OCCCCCC3OCCO3)cc(N3CCS(=O)(=O)CC3)cc12)c1cccc(C(F)(F)C2CCN(C(=O)O)CC2)c1. The molecule has 1 unspecified atom stereocenters. The molecule has 15 heteroatoms. The van der Waals surface area contributed by atoms with Gasteiger partial charge in [0.2, 0.25) is 0 Å². The summed E-state index contributed by atoms with van der Waals surface area (Å²) in [7, 11) is -3.09. The molecule has 12 nitrogen and oxygen atoms in total. The molecular weight excluding hydrogens is 672 g/mol. The van der Waals surface area contributed by atoms with Crippen molar-refractivity contribution < 1.29 is 41.3 Å². The number of nitrogens with one attached hydrogen (secondary N) is 1. The second kappa shape index (κ2) is 15.6. The predicted octanol–water partition coefficient (Wildman–Crippen LogP) is 5.83. The van der Waals surface area contributed by atoms with E-state index in [9.17, 15) is 18.3 Å². The minimum Gasteiger partial charge on any atom is -0.491 e. The number of piperidine rings is 1. The summed E-state index contributed by atoms with van der Waals surface area (Å²) in [4.78, 5) is 23.6. The lowest BCUT2D eigenvalue weighted by molar-refractivity contribution is -0.0836. The smallest absolute Gasteiger partial charge is 0.407 e. The highest BCUT2D eigenvalue weighted by Gasteiger charge is 2.43. The van der Waals surface area contributed by atoms with E-state index in [2.05, 4.69) is 15.3 Å². The number of hydrogen-bond acceptors (Lipinski definition) is 10. The van der Waals surface area contributed by atoms with Crippen LogP contribution in [0.25, 0.3) is 10.9 Å². The molecule has 3 aliphatic heterocycles. The maximum atomic E-state index is 15.7. The summed E-state index contributed by atoms with van der Waals surface area (Å²) in [6.45, 7) is 4.46. The third-order valence-corrected chi connectivity index (χ3v) is 11.4. The van der Waals surface area contributed by atoms with E-state index >= 15 is 8.78 Å². The molecular formula is C35H45F2N5O7S. The first-order chi connectivity index (χ1) is 24.0. The largest absolute Gasteiger partial charge is 0.491 e. The van der Waals surface area contributed by atoms with Crippen molar-refractivity contribution in [1.82, 2.24) is 14.9 Å². The summed E-state index contributed by atoms with van der Waals surface area (Å²) in [5.74, 6) is -2.91. The van der Waals surface area contributed by atoms with Crippen molar-refractivity contribution in [2.45, 2.75) is 63.7 Å². The molecule has 4 heterocycles. The first-order valence-corrected chi connectivity index (χ1v) is 19.1. The summed E-state index contributed by atoms with van der Waals surface area (Å²) in [5.41, 5.74) is 1.91. The van der Waals surface area contributed by atoms with Crippen LogP contribution in [0.3, 0.4) is 0 Å². The molecule has 1 atom stereocenters. The Kier molecular flexibility index (Phi) is 11.2. The fourth-order valence-corrected chi connectivity index (χ4v) is 8.02. The van der Waals surface area contributed by atoms with Gasteiger partial charge in [-0.05, 0) is 63.1 Å². The Labute approximate surface area is 291 Å². The van der Waals surface area contributed by atoms with E-state index in [4.69, 9.17) is 14.2 Å². The van der Waals surface area contributed by atoms with E-state index in [1.165, 1.54) is 23.4 Å². The van der Waals surface area contributed by atoms with Crippen LogP contribution in [-0.2, 0) is 25.2 Å². The fraction of sp³-hybridized carbons (Fsp3) is 0.571. The first kappa shape index (κ1) is 36.0. The van der Waals surface area contributed by atoms with Gasteiger partial charge >= 0.3 is 6.09 Å². The lowest BCUT2D eigenvalue weighted by atomic mass is 9.85. The molecule has 6 rings (SSSR count). The Balaban J connectivity index is 1.20. The van der Waals surface area contributed by atoms with Crippen molar-refractivity contribution in [2.75, 3.05) is 67.7 Å². The highest BCUT2D eigenvalue weighted by Crippen LogP contribution is 2.42. The number of rotatable bonds is 13. The van der Waals surface area contributed by atoms with Gasteiger partial charge < -0.3 is 34.4 Å². The summed E-state index contributed by atoms with van der Waals surface area (Å²) in [6, 6.07) is 9.72. The summed E-state index contributed by atoms with van der Waals surface area (Å²) in [5, 5.41) is 13.3. The molecule has 2 N–H and O–H groups in total. The quantitative estimate of drug-likeness (QED) is 0.206. The number of carbonyl (C=O) groups is 1. The van der Waals surface area contributed by atoms with Crippen molar-refractivity contribution in [3.05, 3.63) is 53.9 Å². The molecule has 1 amide bonds. The van der Waals surface area contributed by atoms with Crippen LogP contribution in [0.2, 0.25) is 0 Å². The average molecular weight is 718 g/mol. The zero-order chi connectivity index (χ0) is 35.3. The van der Waals surface area contributed by atoms with Gasteiger partial charge in [0.1, 0.15) is 23.4 Å². The predicted molar refractivity (Wildman–Crippen MR) is 185 cm³/mol. The molecule has 272 valence electrons. The number of likely N-dealkylation sites (tertiary alicyclic amines) is 1. The van der Waals surface area contributed by atoms with Crippen LogP contribution < -0.4 is 15.0 Å². The third kappa shape index (κ3) is 8.55. The Morgan fingerprint density at radius 3 is 2.52 bits per heavy atom. The number of sulfone groups is 1. The van der Waals surface area contributed by atoms with Crippen molar-refractivity contribution in [3.63, 3.8) is 0 Å². The number of carboxylic acid groups (broad SMARTS) is 1. The van der Waals surface area contributed by atoms with Gasteiger partial charge in [-0.25, -0.2) is 32.0 Å². The molecule has 0 radical (unpaired) electrons. The standard InChI is InChI=1S/C35H45F2N5O7S/c1-24(25-6-5-7-27(20-25)35(36,37)26-9-11-42(12-10-26)34(43)44)40-33-29-21-28(41-13-18-50(45,46)19-14-41)22-30(32(29)38-23-39-33)47-15-4-2-3-8-31-48-16-17-49-31/h5-7,20-24,26,31H,2-4,8-19H2,1H3,(H,43,44)(H,38,39,40). The minimum absolute atomic E-state index is 0.0583. The number of hydrogen-bond donors (Lipinski definition) is 2. The maximum Gasteiger partial charge on any atom is 0.407 e. The van der Waals surface area contributed by atoms with E-state index in [0.29, 0.717) is 60.9 Å². The van der Waals surface area contributed by atoms with Crippen molar-refractivity contribution in [2.24, 2.45) is 5.92 Å². The minimum atomic E-state index is -3.12. The van der Waals surface area contributed by atoms with Gasteiger partial charge in [-0.15, -0.1) is 0 Å². The highest BCUT2D eigenvalue weighted by atomic mass is 32.2. The number of fused-ring (bicyclic) bond motifs is 1. The molecule has 0 spiro atoms. The van der Waals surface area contributed by atoms with E-state index in [-0.39, 0.29) is 49.3 Å². The Hall–Kier alpha value is -3.82. The number of benzene rings is 2. The zero-order valence-corrected chi connectivity index (χ0v) is 29.0. The molecule has 2 aromatic carbocycles. The van der Waals surface area contributed by atoms with Gasteiger partial charge in [0.15, 0.2) is 16.1 Å². The van der Waals surface area contributed by atoms with Crippen LogP contribution in [0.1, 0.15) is 62.6 Å². The summed E-state index contributed by atoms with van der Waals surface area (Å²) in [6.07, 6.45) is 3.93. The highest BCUT2D eigenvalue weighted by molar-refractivity contribution is 7.91. The fourth-order valence-electron chi connectivity index (χ4n) is 6.82. The normalized spacial score (nSPS) is 19.5. The molecule has 0 aliphatic carbocycles. The second-order valence-electron chi connectivity index (χ2n) is 13.2. The monoisotopic (exact) mass is 717 g/mol. The van der Waals surface area contributed by atoms with Gasteiger partial charge in [-0.2, -0.15) is 0 Å². The van der Waals surface area contributed by atoms with Crippen molar-refractivity contribution in [1.29, 1.82) is 0 Å². The van der Waals surface area contributed by atoms with Crippen LogP contribution >= 0.6 is 0 Å². The van der Waals surface area contributed by atoms with Crippen LogP contribution in [0, 0.1) is 5.92 Å². The van der Waals surface area contributed by atoms with E-state index in [1.807, 2.05) is 24.0 Å². The number of unbranched alkanes of at least 4 members (excludes halogenated alkanes) is 2. The Morgan fingerprint density at radius 1 is 1.06 bits per heavy atom. The maximum absolute atomic E-state index is 15.7. The van der Waals surface area contributed by atoms with E-state index in [1.54, 1.807) is 12.1 Å². The Bertz CT molecular complexity index is 1740. The van der Waals surface area contributed by atoms with Crippen molar-refractivity contribution >= 4 is 38.3 Å². The third-order valence-electron chi connectivity index (χ3n) is 9.83. The molecule has 3 aromatic rings. The van der Waals surface area contributed by atoms with Crippen LogP contribution in [0.15, 0.2) is 42.7 Å². The van der Waals surface area contributed by atoms with Crippen molar-refractivity contribution in [3.8, 4) is 5.75 Å². The number of halogens is 2. The number of nitrogens with zero attached hydrogens (tertiary/aromatic N) is 4. The molecule has 0 bridgehead atoms.